The smallest absolute Gasteiger partial charge is 0.308 e. The van der Waals surface area contributed by atoms with Crippen LogP contribution >= 0.6 is 0 Å². The first-order valence-electron chi connectivity index (χ1n) is 10.9. The van der Waals surface area contributed by atoms with Crippen LogP contribution in [0, 0.1) is 0 Å². The van der Waals surface area contributed by atoms with Crippen LogP contribution in [0.2, 0.25) is 0 Å². The van der Waals surface area contributed by atoms with Crippen LogP contribution in [-0.4, -0.2) is 43.6 Å². The molecule has 1 heterocycles. The third-order valence-corrected chi connectivity index (χ3v) is 5.36. The molecule has 2 amide bonds. The molecule has 2 aromatic rings. The molecular weight excluding hydrogens is 408 g/mol. The van der Waals surface area contributed by atoms with Gasteiger partial charge in [0, 0.05) is 13.1 Å². The Morgan fingerprint density at radius 3 is 2.56 bits per heavy atom. The third-order valence-electron chi connectivity index (χ3n) is 5.36. The largest absolute Gasteiger partial charge is 0.479 e. The van der Waals surface area contributed by atoms with Gasteiger partial charge in [0.1, 0.15) is 5.75 Å². The minimum atomic E-state index is -0.617. The lowest BCUT2D eigenvalue weighted by Gasteiger charge is -2.32. The van der Waals surface area contributed by atoms with E-state index < -0.39 is 12.1 Å². The summed E-state index contributed by atoms with van der Waals surface area (Å²) < 4.78 is 10.7. The monoisotopic (exact) mass is 438 g/mol. The van der Waals surface area contributed by atoms with Gasteiger partial charge in [0.05, 0.1) is 12.1 Å². The standard InChI is InChI=1S/C25H30N2O5/c1-17(2)20-10-8-19(9-11-20)12-14-26-23(28)16-31-24(29)13-15-27-21-6-4-5-7-22(21)32-18(3)25(27)30/h4-11,17-18H,12-16H2,1-3H3,(H,26,28). The molecule has 3 rings (SSSR count). The normalized spacial score (nSPS) is 15.2. The fraction of sp³-hybridized carbons (Fsp3) is 0.400. The van der Waals surface area contributed by atoms with Crippen molar-refractivity contribution in [2.75, 3.05) is 24.6 Å². The Labute approximate surface area is 188 Å². The van der Waals surface area contributed by atoms with E-state index in [0.717, 1.165) is 5.56 Å². The Balaban J connectivity index is 1.38. The number of amides is 2. The molecule has 1 aliphatic rings. The maximum atomic E-state index is 12.4. The highest BCUT2D eigenvalue weighted by molar-refractivity contribution is 6.00. The molecule has 0 saturated heterocycles. The molecule has 7 heteroatoms. The second kappa shape index (κ2) is 10.8. The molecular formula is C25H30N2O5. The lowest BCUT2D eigenvalue weighted by Crippen LogP contribution is -2.45. The first-order chi connectivity index (χ1) is 15.3. The second-order valence-corrected chi connectivity index (χ2v) is 8.12. The van der Waals surface area contributed by atoms with Crippen LogP contribution < -0.4 is 15.0 Å². The van der Waals surface area contributed by atoms with Gasteiger partial charge in [-0.3, -0.25) is 14.4 Å². The SMILES string of the molecule is CC1Oc2ccccc2N(CCC(=O)OCC(=O)NCCc2ccc(C(C)C)cc2)C1=O. The third kappa shape index (κ3) is 6.09. The Kier molecular flexibility index (Phi) is 7.87. The number of para-hydroxylation sites is 2. The van der Waals surface area contributed by atoms with Gasteiger partial charge in [-0.2, -0.15) is 0 Å². The quantitative estimate of drug-likeness (QED) is 0.608. The topological polar surface area (TPSA) is 84.9 Å². The Hall–Kier alpha value is -3.35. The number of nitrogens with zero attached hydrogens (tertiary/aromatic N) is 1. The van der Waals surface area contributed by atoms with E-state index in [4.69, 9.17) is 9.47 Å². The van der Waals surface area contributed by atoms with Gasteiger partial charge in [0.15, 0.2) is 12.7 Å². The molecule has 7 nitrogen and oxygen atoms in total. The van der Waals surface area contributed by atoms with Crippen LogP contribution in [0.5, 0.6) is 5.75 Å². The van der Waals surface area contributed by atoms with Crippen molar-refractivity contribution in [1.29, 1.82) is 0 Å². The summed E-state index contributed by atoms with van der Waals surface area (Å²) in [5.41, 5.74) is 3.04. The number of anilines is 1. The molecule has 0 radical (unpaired) electrons. The van der Waals surface area contributed by atoms with Gasteiger partial charge < -0.3 is 19.7 Å². The highest BCUT2D eigenvalue weighted by atomic mass is 16.5. The first kappa shape index (κ1) is 23.3. The van der Waals surface area contributed by atoms with Crippen molar-refractivity contribution < 1.29 is 23.9 Å². The van der Waals surface area contributed by atoms with E-state index >= 15 is 0 Å². The summed E-state index contributed by atoms with van der Waals surface area (Å²) >= 11 is 0. The number of benzene rings is 2. The Bertz CT molecular complexity index is 955. The van der Waals surface area contributed by atoms with E-state index in [0.29, 0.717) is 30.3 Å². The maximum Gasteiger partial charge on any atom is 0.308 e. The maximum absolute atomic E-state index is 12.4. The van der Waals surface area contributed by atoms with Gasteiger partial charge in [-0.05, 0) is 42.5 Å². The zero-order chi connectivity index (χ0) is 23.1. The molecule has 0 fully saturated rings. The number of rotatable bonds is 9. The van der Waals surface area contributed by atoms with Gasteiger partial charge >= 0.3 is 5.97 Å². The Morgan fingerprint density at radius 1 is 1.12 bits per heavy atom. The van der Waals surface area contributed by atoms with Gasteiger partial charge in [-0.25, -0.2) is 0 Å². The van der Waals surface area contributed by atoms with Crippen molar-refractivity contribution in [2.45, 2.75) is 45.6 Å². The molecule has 0 saturated carbocycles. The van der Waals surface area contributed by atoms with Gasteiger partial charge in [0.25, 0.3) is 11.8 Å². The van der Waals surface area contributed by atoms with E-state index in [1.54, 1.807) is 25.1 Å². The van der Waals surface area contributed by atoms with Crippen molar-refractivity contribution in [3.8, 4) is 5.75 Å². The molecule has 2 aromatic carbocycles. The minimum absolute atomic E-state index is 0.0116. The highest BCUT2D eigenvalue weighted by Gasteiger charge is 2.31. The summed E-state index contributed by atoms with van der Waals surface area (Å²) in [5, 5.41) is 2.76. The van der Waals surface area contributed by atoms with Crippen LogP contribution in [0.25, 0.3) is 0 Å². The molecule has 0 bridgehead atoms. The minimum Gasteiger partial charge on any atom is -0.479 e. The number of nitrogens with one attached hydrogen (secondary N) is 1. The summed E-state index contributed by atoms with van der Waals surface area (Å²) in [5.74, 6) is -0.00720. The number of fused-ring (bicyclic) bond motifs is 1. The van der Waals surface area contributed by atoms with Gasteiger partial charge in [-0.15, -0.1) is 0 Å². The van der Waals surface area contributed by atoms with Crippen LogP contribution in [0.4, 0.5) is 5.69 Å². The number of hydrogen-bond donors (Lipinski definition) is 1. The predicted molar refractivity (Wildman–Crippen MR) is 122 cm³/mol. The molecule has 170 valence electrons. The van der Waals surface area contributed by atoms with Crippen LogP contribution in [0.3, 0.4) is 0 Å². The zero-order valence-corrected chi connectivity index (χ0v) is 18.8. The van der Waals surface area contributed by atoms with Crippen molar-refractivity contribution >= 4 is 23.5 Å². The van der Waals surface area contributed by atoms with Crippen LogP contribution in [0.15, 0.2) is 48.5 Å². The number of carbonyl (C=O) groups excluding carboxylic acids is 3. The molecule has 1 unspecified atom stereocenters. The zero-order valence-electron chi connectivity index (χ0n) is 18.8. The van der Waals surface area contributed by atoms with E-state index in [9.17, 15) is 14.4 Å². The molecule has 1 N–H and O–H groups in total. The van der Waals surface area contributed by atoms with Crippen molar-refractivity contribution in [3.05, 3.63) is 59.7 Å². The van der Waals surface area contributed by atoms with Gasteiger partial charge in [0.2, 0.25) is 0 Å². The summed E-state index contributed by atoms with van der Waals surface area (Å²) in [7, 11) is 0. The van der Waals surface area contributed by atoms with Crippen LogP contribution in [0.1, 0.15) is 44.2 Å². The summed E-state index contributed by atoms with van der Waals surface area (Å²) in [4.78, 5) is 38.0. The average molecular weight is 439 g/mol. The average Bonchev–Trinajstić information content (AvgIpc) is 2.78. The molecule has 32 heavy (non-hydrogen) atoms. The fourth-order valence-corrected chi connectivity index (χ4v) is 3.48. The van der Waals surface area contributed by atoms with Crippen molar-refractivity contribution in [3.63, 3.8) is 0 Å². The number of hydrogen-bond acceptors (Lipinski definition) is 5. The Morgan fingerprint density at radius 2 is 1.84 bits per heavy atom. The van der Waals surface area contributed by atoms with E-state index in [-0.39, 0.29) is 31.4 Å². The highest BCUT2D eigenvalue weighted by Crippen LogP contribution is 2.33. The molecule has 1 aliphatic heterocycles. The first-order valence-corrected chi connectivity index (χ1v) is 10.9. The molecule has 0 aromatic heterocycles. The van der Waals surface area contributed by atoms with Crippen molar-refractivity contribution in [2.24, 2.45) is 0 Å². The van der Waals surface area contributed by atoms with E-state index in [2.05, 4.69) is 43.4 Å². The lowest BCUT2D eigenvalue weighted by atomic mass is 10.0. The van der Waals surface area contributed by atoms with Crippen LogP contribution in [-0.2, 0) is 25.5 Å². The van der Waals surface area contributed by atoms with Crippen molar-refractivity contribution in [1.82, 2.24) is 5.32 Å². The summed E-state index contributed by atoms with van der Waals surface area (Å²) in [6.45, 7) is 6.26. The summed E-state index contributed by atoms with van der Waals surface area (Å²) in [6.07, 6.45) is 0.0742. The molecule has 0 aliphatic carbocycles. The summed E-state index contributed by atoms with van der Waals surface area (Å²) in [6, 6.07) is 15.5. The second-order valence-electron chi connectivity index (χ2n) is 8.12. The molecule has 1 atom stereocenters. The lowest BCUT2D eigenvalue weighted by molar-refractivity contribution is -0.148. The predicted octanol–water partition coefficient (Wildman–Crippen LogP) is 3.22. The number of carbonyl (C=O) groups is 3. The number of esters is 1. The van der Waals surface area contributed by atoms with Gasteiger partial charge in [-0.1, -0.05) is 50.2 Å². The fourth-order valence-electron chi connectivity index (χ4n) is 3.48. The van der Waals surface area contributed by atoms with E-state index in [1.165, 1.54) is 10.5 Å². The van der Waals surface area contributed by atoms with E-state index in [1.807, 2.05) is 6.07 Å². The number of ether oxygens (including phenoxy) is 2. The molecule has 0 spiro atoms.